The van der Waals surface area contributed by atoms with Crippen LogP contribution >= 0.6 is 0 Å². The Kier molecular flexibility index (Phi) is 1.69. The van der Waals surface area contributed by atoms with Crippen LogP contribution in [-0.2, 0) is 4.74 Å². The Labute approximate surface area is 44.7 Å². The molecule has 1 aliphatic rings. The summed E-state index contributed by atoms with van der Waals surface area (Å²) in [4.78, 5) is 0. The van der Waals surface area contributed by atoms with Gasteiger partial charge >= 0.3 is 0 Å². The summed E-state index contributed by atoms with van der Waals surface area (Å²) >= 11 is 0. The van der Waals surface area contributed by atoms with Gasteiger partial charge in [0, 0.05) is 6.61 Å². The molecule has 0 amide bonds. The Hall–Kier alpha value is -0.0400. The van der Waals surface area contributed by atoms with E-state index in [-0.39, 0.29) is 0 Å². The summed E-state index contributed by atoms with van der Waals surface area (Å²) in [5, 5.41) is 0. The second-order valence-corrected chi connectivity index (χ2v) is 2.17. The summed E-state index contributed by atoms with van der Waals surface area (Å²) in [6, 6.07) is 0. The Morgan fingerprint density at radius 1 is 1.57 bits per heavy atom. The molecule has 1 nitrogen and oxygen atoms in total. The molecule has 7 heavy (non-hydrogen) atoms. The van der Waals surface area contributed by atoms with E-state index in [0.717, 1.165) is 12.5 Å². The van der Waals surface area contributed by atoms with Gasteiger partial charge < -0.3 is 4.74 Å². The zero-order valence-corrected chi connectivity index (χ0v) is 4.52. The molecule has 0 N–H and O–H groups in total. The van der Waals surface area contributed by atoms with Crippen LogP contribution < -0.4 is 0 Å². The van der Waals surface area contributed by atoms with Crippen LogP contribution in [0.4, 0.5) is 0 Å². The highest BCUT2D eigenvalue weighted by molar-refractivity contribution is 4.67. The molecule has 0 bridgehead atoms. The largest absolute Gasteiger partial charge is 0.379 e. The molecule has 0 heterocycles. The molecule has 1 fully saturated rings. The second kappa shape index (κ2) is 2.31. The van der Waals surface area contributed by atoms with Crippen molar-refractivity contribution in [1.29, 1.82) is 0 Å². The Morgan fingerprint density at radius 3 is 2.43 bits per heavy atom. The average Bonchev–Trinajstić information content (AvgIpc) is 1.55. The van der Waals surface area contributed by atoms with Gasteiger partial charge in [-0.05, 0) is 18.8 Å². The maximum Gasteiger partial charge on any atom is 0.0700 e. The van der Waals surface area contributed by atoms with E-state index < -0.39 is 0 Å². The topological polar surface area (TPSA) is 9.23 Å². The first-order chi connectivity index (χ1) is 3.43. The highest BCUT2D eigenvalue weighted by Gasteiger charge is 2.15. The standard InChI is InChI=1S/C6H11O/c1-7-5-6-3-2-4-6/h6H,1-5H2. The minimum Gasteiger partial charge on any atom is -0.379 e. The van der Waals surface area contributed by atoms with E-state index in [4.69, 9.17) is 4.74 Å². The lowest BCUT2D eigenvalue weighted by Gasteiger charge is -2.23. The maximum absolute atomic E-state index is 4.70. The Bertz CT molecular complexity index is 48.1. The van der Waals surface area contributed by atoms with Gasteiger partial charge in [0.2, 0.25) is 0 Å². The summed E-state index contributed by atoms with van der Waals surface area (Å²) in [6.07, 6.45) is 4.11. The maximum atomic E-state index is 4.70. The summed E-state index contributed by atoms with van der Waals surface area (Å²) in [5.74, 6) is 0.845. The number of rotatable bonds is 2. The molecular weight excluding hydrogens is 88.1 g/mol. The van der Waals surface area contributed by atoms with Crippen molar-refractivity contribution in [2.75, 3.05) is 6.61 Å². The van der Waals surface area contributed by atoms with Crippen molar-refractivity contribution in [3.63, 3.8) is 0 Å². The number of hydrogen-bond donors (Lipinski definition) is 0. The van der Waals surface area contributed by atoms with Crippen LogP contribution in [0.25, 0.3) is 0 Å². The van der Waals surface area contributed by atoms with Crippen molar-refractivity contribution in [1.82, 2.24) is 0 Å². The zero-order valence-electron chi connectivity index (χ0n) is 4.52. The third-order valence-electron chi connectivity index (χ3n) is 1.58. The van der Waals surface area contributed by atoms with Crippen LogP contribution in [0.2, 0.25) is 0 Å². The zero-order chi connectivity index (χ0) is 5.11. The van der Waals surface area contributed by atoms with E-state index in [1.54, 1.807) is 0 Å². The summed E-state index contributed by atoms with van der Waals surface area (Å²) in [6.45, 7) is 0.875. The molecule has 1 heteroatoms. The molecule has 0 aromatic carbocycles. The van der Waals surface area contributed by atoms with E-state index >= 15 is 0 Å². The molecule has 1 saturated carbocycles. The lowest BCUT2D eigenvalue weighted by atomic mass is 9.86. The molecule has 0 unspecified atom stereocenters. The molecular formula is C6H11O. The molecule has 1 radical (unpaired) electrons. The quantitative estimate of drug-likeness (QED) is 0.511. The van der Waals surface area contributed by atoms with Crippen LogP contribution in [0.15, 0.2) is 0 Å². The molecule has 1 rings (SSSR count). The molecule has 0 aliphatic heterocycles. The van der Waals surface area contributed by atoms with Gasteiger partial charge in [0.15, 0.2) is 0 Å². The molecule has 0 aromatic rings. The van der Waals surface area contributed by atoms with Crippen molar-refractivity contribution in [2.45, 2.75) is 19.3 Å². The van der Waals surface area contributed by atoms with Crippen LogP contribution in [0, 0.1) is 13.0 Å². The van der Waals surface area contributed by atoms with E-state index in [0.29, 0.717) is 0 Å². The lowest BCUT2D eigenvalue weighted by molar-refractivity contribution is 0.138. The van der Waals surface area contributed by atoms with Gasteiger partial charge in [-0.1, -0.05) is 6.42 Å². The van der Waals surface area contributed by atoms with Crippen molar-refractivity contribution in [3.05, 3.63) is 7.11 Å². The smallest absolute Gasteiger partial charge is 0.0700 e. The SMILES string of the molecule is [CH2]OCC1CCC1. The molecule has 0 spiro atoms. The Morgan fingerprint density at radius 2 is 2.29 bits per heavy atom. The third-order valence-corrected chi connectivity index (χ3v) is 1.58. The first kappa shape index (κ1) is 5.10. The van der Waals surface area contributed by atoms with Gasteiger partial charge in [0.05, 0.1) is 7.11 Å². The highest BCUT2D eigenvalue weighted by Crippen LogP contribution is 2.25. The van der Waals surface area contributed by atoms with E-state index in [1.807, 2.05) is 0 Å². The first-order valence-electron chi connectivity index (χ1n) is 2.80. The second-order valence-electron chi connectivity index (χ2n) is 2.17. The molecule has 41 valence electrons. The van der Waals surface area contributed by atoms with Gasteiger partial charge in [-0.2, -0.15) is 0 Å². The monoisotopic (exact) mass is 99.1 g/mol. The van der Waals surface area contributed by atoms with Crippen LogP contribution in [0.5, 0.6) is 0 Å². The summed E-state index contributed by atoms with van der Waals surface area (Å²) in [7, 11) is 3.31. The fourth-order valence-electron chi connectivity index (χ4n) is 0.826. The summed E-state index contributed by atoms with van der Waals surface area (Å²) < 4.78 is 4.70. The normalized spacial score (nSPS) is 21.9. The van der Waals surface area contributed by atoms with Gasteiger partial charge in [-0.3, -0.25) is 0 Å². The molecule has 0 saturated heterocycles. The van der Waals surface area contributed by atoms with Gasteiger partial charge in [-0.15, -0.1) is 0 Å². The van der Waals surface area contributed by atoms with Crippen molar-refractivity contribution in [3.8, 4) is 0 Å². The van der Waals surface area contributed by atoms with E-state index in [1.165, 1.54) is 19.3 Å². The third kappa shape index (κ3) is 1.16. The van der Waals surface area contributed by atoms with Crippen molar-refractivity contribution < 1.29 is 4.74 Å². The number of hydrogen-bond acceptors (Lipinski definition) is 1. The van der Waals surface area contributed by atoms with Crippen molar-refractivity contribution in [2.24, 2.45) is 5.92 Å². The van der Waals surface area contributed by atoms with Crippen LogP contribution in [-0.4, -0.2) is 6.61 Å². The van der Waals surface area contributed by atoms with Crippen LogP contribution in [0.1, 0.15) is 19.3 Å². The van der Waals surface area contributed by atoms with E-state index in [9.17, 15) is 0 Å². The molecule has 0 aromatic heterocycles. The van der Waals surface area contributed by atoms with Crippen molar-refractivity contribution >= 4 is 0 Å². The molecule has 1 aliphatic carbocycles. The van der Waals surface area contributed by atoms with Gasteiger partial charge in [-0.25, -0.2) is 0 Å². The number of ether oxygens (including phenoxy) is 1. The first-order valence-corrected chi connectivity index (χ1v) is 2.80. The van der Waals surface area contributed by atoms with Gasteiger partial charge in [0.1, 0.15) is 0 Å². The highest BCUT2D eigenvalue weighted by atomic mass is 16.5. The minimum atomic E-state index is 0.845. The predicted octanol–water partition coefficient (Wildman–Crippen LogP) is 1.59. The predicted molar refractivity (Wildman–Crippen MR) is 28.6 cm³/mol. The lowest BCUT2D eigenvalue weighted by Crippen LogP contribution is -2.15. The average molecular weight is 99.2 g/mol. The van der Waals surface area contributed by atoms with Gasteiger partial charge in [0.25, 0.3) is 0 Å². The molecule has 0 atom stereocenters. The fraction of sp³-hybridized carbons (Fsp3) is 0.833. The minimum absolute atomic E-state index is 0.845. The van der Waals surface area contributed by atoms with Crippen LogP contribution in [0.3, 0.4) is 0 Å². The van der Waals surface area contributed by atoms with E-state index in [2.05, 4.69) is 7.11 Å². The fourth-order valence-corrected chi connectivity index (χ4v) is 0.826. The summed E-state index contributed by atoms with van der Waals surface area (Å²) in [5.41, 5.74) is 0. The Balaban J connectivity index is 1.93.